The molecule has 2 fully saturated rings. The molecule has 1 aromatic heterocycles. The number of amides is 1. The Labute approximate surface area is 142 Å². The third-order valence-electron chi connectivity index (χ3n) is 4.93. The van der Waals surface area contributed by atoms with Crippen LogP contribution in [0.2, 0.25) is 0 Å². The molecule has 1 amide bonds. The van der Waals surface area contributed by atoms with Crippen LogP contribution in [0.15, 0.2) is 18.3 Å². The Balaban J connectivity index is 1.62. The minimum Gasteiger partial charge on any atom is -0.480 e. The Morgan fingerprint density at radius 2 is 2.08 bits per heavy atom. The molecule has 3 rings (SSSR count). The van der Waals surface area contributed by atoms with Crippen LogP contribution in [-0.4, -0.2) is 96.3 Å². The number of likely N-dealkylation sites (tertiary alicyclic amines) is 1. The van der Waals surface area contributed by atoms with Crippen LogP contribution in [0.1, 0.15) is 16.8 Å². The molecule has 0 bridgehead atoms. The normalized spacial score (nSPS) is 25.9. The average molecular weight is 334 g/mol. The summed E-state index contributed by atoms with van der Waals surface area (Å²) >= 11 is 0. The molecule has 0 saturated carbocycles. The van der Waals surface area contributed by atoms with Gasteiger partial charge in [0.05, 0.1) is 19.3 Å². The zero-order valence-electron chi connectivity index (χ0n) is 14.4. The molecular weight excluding hydrogens is 308 g/mol. The number of aromatic nitrogens is 1. The summed E-state index contributed by atoms with van der Waals surface area (Å²) in [5.74, 6) is 0.200. The van der Waals surface area contributed by atoms with Crippen molar-refractivity contribution >= 4 is 5.91 Å². The lowest BCUT2D eigenvalue weighted by atomic mass is 10.0. The predicted molar refractivity (Wildman–Crippen MR) is 90.2 cm³/mol. The quantitative estimate of drug-likeness (QED) is 0.830. The van der Waals surface area contributed by atoms with Crippen LogP contribution < -0.4 is 4.74 Å². The molecule has 132 valence electrons. The fourth-order valence-electron chi connectivity index (χ4n) is 3.47. The molecule has 7 heteroatoms. The summed E-state index contributed by atoms with van der Waals surface area (Å²) in [6, 6.07) is 3.44. The summed E-state index contributed by atoms with van der Waals surface area (Å²) in [6.07, 6.45) is 2.21. The maximum absolute atomic E-state index is 12.7. The van der Waals surface area contributed by atoms with Gasteiger partial charge in [-0.3, -0.25) is 9.69 Å². The number of ether oxygens (including phenoxy) is 1. The lowest BCUT2D eigenvalue weighted by Crippen LogP contribution is -2.52. The Bertz CT molecular complexity index is 589. The minimum atomic E-state index is -0.832. The Morgan fingerprint density at radius 1 is 1.33 bits per heavy atom. The third kappa shape index (κ3) is 3.68. The number of β-amino-alcohol motifs (C(OH)–C–C–N with tert-alkyl or cyclic N) is 1. The maximum atomic E-state index is 12.7. The molecule has 2 aliphatic heterocycles. The highest BCUT2D eigenvalue weighted by atomic mass is 16.5. The molecule has 1 N–H and O–H groups in total. The summed E-state index contributed by atoms with van der Waals surface area (Å²) in [5, 5.41) is 10.9. The van der Waals surface area contributed by atoms with Crippen molar-refractivity contribution in [2.24, 2.45) is 0 Å². The minimum absolute atomic E-state index is 0.130. The van der Waals surface area contributed by atoms with Crippen LogP contribution in [0.4, 0.5) is 0 Å². The number of carbonyl (C=O) groups is 1. The number of nitrogens with zero attached hydrogens (tertiary/aromatic N) is 4. The number of pyridine rings is 1. The van der Waals surface area contributed by atoms with E-state index < -0.39 is 5.60 Å². The fraction of sp³-hybridized carbons (Fsp3) is 0.647. The van der Waals surface area contributed by atoms with Gasteiger partial charge in [-0.2, -0.15) is 0 Å². The van der Waals surface area contributed by atoms with E-state index in [-0.39, 0.29) is 5.91 Å². The molecule has 0 spiro atoms. The molecule has 0 radical (unpaired) electrons. The van der Waals surface area contributed by atoms with Gasteiger partial charge in [0, 0.05) is 45.5 Å². The number of rotatable bonds is 4. The van der Waals surface area contributed by atoms with Gasteiger partial charge >= 0.3 is 0 Å². The summed E-state index contributed by atoms with van der Waals surface area (Å²) in [6.45, 7) is 5.50. The van der Waals surface area contributed by atoms with E-state index in [0.717, 1.165) is 26.2 Å². The van der Waals surface area contributed by atoms with Crippen molar-refractivity contribution in [2.45, 2.75) is 12.0 Å². The Hall–Kier alpha value is -1.70. The molecule has 2 aliphatic rings. The molecule has 24 heavy (non-hydrogen) atoms. The first-order valence-corrected chi connectivity index (χ1v) is 8.42. The maximum Gasteiger partial charge on any atom is 0.259 e. The van der Waals surface area contributed by atoms with Gasteiger partial charge in [-0.25, -0.2) is 4.98 Å². The standard InChI is InChI=1S/C17H26N4O3/c1-19-8-10-20(11-9-19)12-17(23)5-7-21(13-17)16(22)14-4-3-6-18-15(14)24-2/h3-4,6,23H,5,7-13H2,1-2H3/t17-/m1/s1. The number of likely N-dealkylation sites (N-methyl/N-ethyl adjacent to an activating group) is 1. The SMILES string of the molecule is COc1ncccc1C(=O)N1CC[C@@](O)(CN2CCN(C)CC2)C1. The van der Waals surface area contributed by atoms with Crippen molar-refractivity contribution in [1.82, 2.24) is 19.7 Å². The van der Waals surface area contributed by atoms with E-state index in [1.807, 2.05) is 0 Å². The van der Waals surface area contributed by atoms with Gasteiger partial charge in [-0.15, -0.1) is 0 Å². The summed E-state index contributed by atoms with van der Waals surface area (Å²) in [5.41, 5.74) is -0.384. The highest BCUT2D eigenvalue weighted by molar-refractivity contribution is 5.96. The van der Waals surface area contributed by atoms with Crippen LogP contribution in [0.25, 0.3) is 0 Å². The first-order chi connectivity index (χ1) is 11.5. The van der Waals surface area contributed by atoms with Crippen molar-refractivity contribution in [1.29, 1.82) is 0 Å². The number of hydrogen-bond donors (Lipinski definition) is 1. The summed E-state index contributed by atoms with van der Waals surface area (Å²) in [4.78, 5) is 23.1. The van der Waals surface area contributed by atoms with Crippen molar-refractivity contribution in [2.75, 3.05) is 60.0 Å². The van der Waals surface area contributed by atoms with E-state index in [0.29, 0.717) is 37.5 Å². The van der Waals surface area contributed by atoms with Crippen molar-refractivity contribution in [3.63, 3.8) is 0 Å². The molecule has 3 heterocycles. The highest BCUT2D eigenvalue weighted by Gasteiger charge is 2.40. The van der Waals surface area contributed by atoms with Gasteiger partial charge in [0.1, 0.15) is 5.56 Å². The smallest absolute Gasteiger partial charge is 0.259 e. The predicted octanol–water partition coefficient (Wildman–Crippen LogP) is -0.0854. The van der Waals surface area contributed by atoms with Crippen LogP contribution in [0.5, 0.6) is 5.88 Å². The molecular formula is C17H26N4O3. The van der Waals surface area contributed by atoms with Gasteiger partial charge in [0.2, 0.25) is 5.88 Å². The van der Waals surface area contributed by atoms with E-state index in [4.69, 9.17) is 4.74 Å². The first-order valence-electron chi connectivity index (χ1n) is 8.42. The van der Waals surface area contributed by atoms with Gasteiger partial charge in [-0.05, 0) is 25.6 Å². The molecule has 1 atom stereocenters. The average Bonchev–Trinajstić information content (AvgIpc) is 2.98. The zero-order chi connectivity index (χ0) is 17.2. The second kappa shape index (κ2) is 7.04. The van der Waals surface area contributed by atoms with Crippen LogP contribution >= 0.6 is 0 Å². The number of piperazine rings is 1. The molecule has 7 nitrogen and oxygen atoms in total. The van der Waals surface area contributed by atoms with Crippen molar-refractivity contribution in [3.05, 3.63) is 23.9 Å². The van der Waals surface area contributed by atoms with E-state index in [1.54, 1.807) is 23.2 Å². The monoisotopic (exact) mass is 334 g/mol. The zero-order valence-corrected chi connectivity index (χ0v) is 14.4. The topological polar surface area (TPSA) is 69.1 Å². The van der Waals surface area contributed by atoms with Crippen LogP contribution in [0.3, 0.4) is 0 Å². The van der Waals surface area contributed by atoms with Gasteiger partial charge in [0.25, 0.3) is 5.91 Å². The van der Waals surface area contributed by atoms with Gasteiger partial charge in [-0.1, -0.05) is 0 Å². The van der Waals surface area contributed by atoms with Crippen LogP contribution in [0, 0.1) is 0 Å². The Kier molecular flexibility index (Phi) is 5.03. The fourth-order valence-corrected chi connectivity index (χ4v) is 3.47. The summed E-state index contributed by atoms with van der Waals surface area (Å²) in [7, 11) is 3.62. The van der Waals surface area contributed by atoms with E-state index in [9.17, 15) is 9.90 Å². The number of aliphatic hydroxyl groups is 1. The number of hydrogen-bond acceptors (Lipinski definition) is 6. The molecule has 0 aromatic carbocycles. The lowest BCUT2D eigenvalue weighted by Gasteiger charge is -2.36. The van der Waals surface area contributed by atoms with Crippen molar-refractivity contribution < 1.29 is 14.6 Å². The lowest BCUT2D eigenvalue weighted by molar-refractivity contribution is 0.000492. The third-order valence-corrected chi connectivity index (χ3v) is 4.93. The molecule has 0 aliphatic carbocycles. The first kappa shape index (κ1) is 17.1. The number of carbonyl (C=O) groups excluding carboxylic acids is 1. The van der Waals surface area contributed by atoms with Crippen LogP contribution in [-0.2, 0) is 0 Å². The summed E-state index contributed by atoms with van der Waals surface area (Å²) < 4.78 is 5.18. The molecule has 1 aromatic rings. The van der Waals surface area contributed by atoms with E-state index >= 15 is 0 Å². The second-order valence-corrected chi connectivity index (χ2v) is 6.84. The van der Waals surface area contributed by atoms with Gasteiger partial charge in [0.15, 0.2) is 0 Å². The largest absolute Gasteiger partial charge is 0.480 e. The van der Waals surface area contributed by atoms with E-state index in [2.05, 4.69) is 21.8 Å². The van der Waals surface area contributed by atoms with Gasteiger partial charge < -0.3 is 19.6 Å². The Morgan fingerprint density at radius 3 is 2.79 bits per heavy atom. The van der Waals surface area contributed by atoms with Crippen molar-refractivity contribution in [3.8, 4) is 5.88 Å². The highest BCUT2D eigenvalue weighted by Crippen LogP contribution is 2.26. The molecule has 2 saturated heterocycles. The second-order valence-electron chi connectivity index (χ2n) is 6.84. The van der Waals surface area contributed by atoms with E-state index in [1.165, 1.54) is 7.11 Å². The number of methoxy groups -OCH3 is 1. The molecule has 0 unspecified atom stereocenters.